The molecule has 0 unspecified atom stereocenters. The van der Waals surface area contributed by atoms with Crippen molar-refractivity contribution in [2.24, 2.45) is 5.92 Å². The van der Waals surface area contributed by atoms with Gasteiger partial charge in [-0.3, -0.25) is 0 Å². The van der Waals surface area contributed by atoms with E-state index in [0.717, 1.165) is 32.1 Å². The van der Waals surface area contributed by atoms with E-state index in [4.69, 9.17) is 10.00 Å². The monoisotopic (exact) mass is 385 g/mol. The minimum atomic E-state index is -0.653. The molecular formula is C25H36FNO. The third kappa shape index (κ3) is 9.02. The number of aryl methyl sites for hydroxylation is 1. The Morgan fingerprint density at radius 3 is 2.43 bits per heavy atom. The van der Waals surface area contributed by atoms with Gasteiger partial charge in [0.2, 0.25) is 0 Å². The summed E-state index contributed by atoms with van der Waals surface area (Å²) < 4.78 is 18.9. The van der Waals surface area contributed by atoms with Gasteiger partial charge in [0.25, 0.3) is 0 Å². The molecule has 0 spiro atoms. The van der Waals surface area contributed by atoms with Crippen LogP contribution in [0.3, 0.4) is 0 Å². The second kappa shape index (κ2) is 13.5. The second-order valence-electron chi connectivity index (χ2n) is 8.18. The molecule has 28 heavy (non-hydrogen) atoms. The number of hydrogen-bond donors (Lipinski definition) is 0. The topological polar surface area (TPSA) is 33.0 Å². The van der Waals surface area contributed by atoms with E-state index >= 15 is 0 Å². The van der Waals surface area contributed by atoms with Crippen molar-refractivity contribution in [1.82, 2.24) is 0 Å². The van der Waals surface area contributed by atoms with Gasteiger partial charge in [-0.05, 0) is 74.5 Å². The lowest BCUT2D eigenvalue weighted by Crippen LogP contribution is -2.21. The van der Waals surface area contributed by atoms with Crippen LogP contribution >= 0.6 is 0 Å². The highest BCUT2D eigenvalue weighted by Gasteiger charge is 2.21. The SMILES string of the molecule is CCCCCCCc1ccc(COC2CCC(CC/C=C(\F)C#N)CC2)cc1. The van der Waals surface area contributed by atoms with E-state index in [9.17, 15) is 4.39 Å². The highest BCUT2D eigenvalue weighted by molar-refractivity contribution is 5.22. The molecule has 1 aliphatic rings. The van der Waals surface area contributed by atoms with Crippen molar-refractivity contribution >= 4 is 0 Å². The highest BCUT2D eigenvalue weighted by Crippen LogP contribution is 2.30. The number of benzene rings is 1. The molecule has 154 valence electrons. The van der Waals surface area contributed by atoms with E-state index in [-0.39, 0.29) is 0 Å². The number of nitrogens with zero attached hydrogens (tertiary/aromatic N) is 1. The Hall–Kier alpha value is -1.66. The fraction of sp³-hybridized carbons (Fsp3) is 0.640. The first-order valence-electron chi connectivity index (χ1n) is 11.2. The first-order valence-corrected chi connectivity index (χ1v) is 11.2. The molecule has 1 aliphatic carbocycles. The summed E-state index contributed by atoms with van der Waals surface area (Å²) in [6, 6.07) is 10.5. The molecule has 3 heteroatoms. The Bertz CT molecular complexity index is 608. The average Bonchev–Trinajstić information content (AvgIpc) is 2.73. The van der Waals surface area contributed by atoms with Crippen LogP contribution in [0, 0.1) is 17.2 Å². The number of allylic oxidation sites excluding steroid dienone is 2. The largest absolute Gasteiger partial charge is 0.374 e. The lowest BCUT2D eigenvalue weighted by molar-refractivity contribution is 0.00645. The fourth-order valence-corrected chi connectivity index (χ4v) is 4.03. The van der Waals surface area contributed by atoms with Crippen LogP contribution in [0.15, 0.2) is 36.2 Å². The molecule has 0 aliphatic heterocycles. The normalized spacial score (nSPS) is 20.1. The van der Waals surface area contributed by atoms with Gasteiger partial charge in [-0.2, -0.15) is 9.65 Å². The number of unbranched alkanes of at least 4 members (excludes halogenated alkanes) is 4. The maximum atomic E-state index is 12.8. The van der Waals surface area contributed by atoms with Gasteiger partial charge in [0.05, 0.1) is 12.7 Å². The van der Waals surface area contributed by atoms with Crippen molar-refractivity contribution in [2.75, 3.05) is 0 Å². The van der Waals surface area contributed by atoms with Crippen LogP contribution in [0.25, 0.3) is 0 Å². The number of rotatable bonds is 12. The van der Waals surface area contributed by atoms with E-state index in [1.165, 1.54) is 61.8 Å². The standard InChI is InChI=1S/C25H36FNO/c1-2-3-4-5-6-8-21-11-13-23(14-12-21)20-28-25-17-15-22(16-18-25)9-7-10-24(26)19-27/h10-14,22,25H,2-9,15-18,20H2,1H3/b24-10-. The van der Waals surface area contributed by atoms with Gasteiger partial charge in [0, 0.05) is 0 Å². The molecular weight excluding hydrogens is 349 g/mol. The van der Waals surface area contributed by atoms with E-state index in [1.807, 2.05) is 0 Å². The summed E-state index contributed by atoms with van der Waals surface area (Å²) in [5.41, 5.74) is 2.69. The van der Waals surface area contributed by atoms with Crippen LogP contribution in [0.5, 0.6) is 0 Å². The average molecular weight is 386 g/mol. The molecule has 0 heterocycles. The van der Waals surface area contributed by atoms with Crippen molar-refractivity contribution in [3.05, 3.63) is 47.3 Å². The molecule has 2 nitrogen and oxygen atoms in total. The minimum absolute atomic E-state index is 0.348. The molecule has 1 aromatic carbocycles. The number of halogens is 1. The molecule has 0 atom stereocenters. The zero-order chi connectivity index (χ0) is 20.0. The summed E-state index contributed by atoms with van der Waals surface area (Å²) in [4.78, 5) is 0. The van der Waals surface area contributed by atoms with Crippen LogP contribution in [-0.4, -0.2) is 6.10 Å². The molecule has 0 aromatic heterocycles. The summed E-state index contributed by atoms with van der Waals surface area (Å²) in [6.45, 7) is 2.95. The lowest BCUT2D eigenvalue weighted by atomic mass is 9.84. The zero-order valence-electron chi connectivity index (χ0n) is 17.5. The van der Waals surface area contributed by atoms with Gasteiger partial charge in [0.15, 0.2) is 5.83 Å². The quantitative estimate of drug-likeness (QED) is 0.277. The second-order valence-corrected chi connectivity index (χ2v) is 8.18. The van der Waals surface area contributed by atoms with Gasteiger partial charge >= 0.3 is 0 Å². The van der Waals surface area contributed by atoms with Crippen LogP contribution in [0.4, 0.5) is 4.39 Å². The van der Waals surface area contributed by atoms with Crippen LogP contribution in [0.1, 0.15) is 88.7 Å². The first-order chi connectivity index (χ1) is 13.7. The van der Waals surface area contributed by atoms with E-state index < -0.39 is 5.83 Å². The zero-order valence-corrected chi connectivity index (χ0v) is 17.5. The Kier molecular flexibility index (Phi) is 10.9. The van der Waals surface area contributed by atoms with Crippen molar-refractivity contribution in [1.29, 1.82) is 5.26 Å². The summed E-state index contributed by atoms with van der Waals surface area (Å²) >= 11 is 0. The third-order valence-corrected chi connectivity index (χ3v) is 5.88. The van der Waals surface area contributed by atoms with Gasteiger partial charge < -0.3 is 4.74 Å². The van der Waals surface area contributed by atoms with E-state index in [0.29, 0.717) is 25.0 Å². The summed E-state index contributed by atoms with van der Waals surface area (Å²) in [5.74, 6) is -0.0151. The molecule has 2 rings (SSSR count). The highest BCUT2D eigenvalue weighted by atomic mass is 19.1. The Balaban J connectivity index is 1.60. The van der Waals surface area contributed by atoms with Gasteiger partial charge in [-0.25, -0.2) is 0 Å². The summed E-state index contributed by atoms with van der Waals surface area (Å²) in [5, 5.41) is 8.43. The van der Waals surface area contributed by atoms with E-state index in [2.05, 4.69) is 31.2 Å². The predicted octanol–water partition coefficient (Wildman–Crippen LogP) is 7.43. The smallest absolute Gasteiger partial charge is 0.196 e. The maximum absolute atomic E-state index is 12.8. The van der Waals surface area contributed by atoms with Gasteiger partial charge in [0.1, 0.15) is 6.07 Å². The molecule has 1 saturated carbocycles. The van der Waals surface area contributed by atoms with Crippen molar-refractivity contribution in [2.45, 2.75) is 96.7 Å². The molecule has 0 bridgehead atoms. The minimum Gasteiger partial charge on any atom is -0.374 e. The Labute approximate surface area is 170 Å². The third-order valence-electron chi connectivity index (χ3n) is 5.88. The van der Waals surface area contributed by atoms with Crippen molar-refractivity contribution in [3.8, 4) is 6.07 Å². The summed E-state index contributed by atoms with van der Waals surface area (Å²) in [6.07, 6.45) is 15.7. The molecule has 0 amide bonds. The number of nitriles is 1. The molecule has 1 fully saturated rings. The van der Waals surface area contributed by atoms with E-state index in [1.54, 1.807) is 0 Å². The molecule has 1 aromatic rings. The van der Waals surface area contributed by atoms with Gasteiger partial charge in [-0.1, -0.05) is 56.9 Å². The first kappa shape index (κ1) is 22.6. The van der Waals surface area contributed by atoms with Crippen molar-refractivity contribution in [3.63, 3.8) is 0 Å². The maximum Gasteiger partial charge on any atom is 0.196 e. The molecule has 0 N–H and O–H groups in total. The van der Waals surface area contributed by atoms with Crippen LogP contribution in [-0.2, 0) is 17.8 Å². The van der Waals surface area contributed by atoms with Crippen LogP contribution < -0.4 is 0 Å². The molecule has 0 saturated heterocycles. The lowest BCUT2D eigenvalue weighted by Gasteiger charge is -2.28. The van der Waals surface area contributed by atoms with Crippen LogP contribution in [0.2, 0.25) is 0 Å². The number of ether oxygens (including phenoxy) is 1. The van der Waals surface area contributed by atoms with Crippen molar-refractivity contribution < 1.29 is 9.13 Å². The predicted molar refractivity (Wildman–Crippen MR) is 113 cm³/mol. The summed E-state index contributed by atoms with van der Waals surface area (Å²) in [7, 11) is 0. The fourth-order valence-electron chi connectivity index (χ4n) is 4.03. The Morgan fingerprint density at radius 1 is 1.07 bits per heavy atom. The number of hydrogen-bond acceptors (Lipinski definition) is 2. The van der Waals surface area contributed by atoms with Gasteiger partial charge in [-0.15, -0.1) is 0 Å². The molecule has 0 radical (unpaired) electrons. The Morgan fingerprint density at radius 2 is 1.75 bits per heavy atom.